The minimum atomic E-state index is -3.43. The lowest BCUT2D eigenvalue weighted by Gasteiger charge is -2.09. The highest BCUT2D eigenvalue weighted by molar-refractivity contribution is 9.10. The molecule has 1 aromatic rings. The predicted octanol–water partition coefficient (Wildman–Crippen LogP) is 2.54. The Hall–Kier alpha value is -0.590. The second-order valence-corrected chi connectivity index (χ2v) is 6.04. The summed E-state index contributed by atoms with van der Waals surface area (Å²) in [7, 11) is -3.43. The molecule has 1 N–H and O–H groups in total. The third-order valence-corrected chi connectivity index (χ3v) is 4.17. The lowest BCUT2D eigenvalue weighted by Crippen LogP contribution is -2.24. The Balaban J connectivity index is 3.02. The van der Waals surface area contributed by atoms with Crippen molar-refractivity contribution in [3.05, 3.63) is 22.7 Å². The van der Waals surface area contributed by atoms with Crippen molar-refractivity contribution in [2.24, 2.45) is 0 Å². The molecule has 96 valence electrons. The van der Waals surface area contributed by atoms with E-state index in [4.69, 9.17) is 4.74 Å². The molecule has 0 saturated heterocycles. The van der Waals surface area contributed by atoms with Gasteiger partial charge in [0.05, 0.1) is 16.0 Å². The summed E-state index contributed by atoms with van der Waals surface area (Å²) in [5.74, 6) is 0.534. The van der Waals surface area contributed by atoms with Crippen molar-refractivity contribution in [1.29, 1.82) is 0 Å². The van der Waals surface area contributed by atoms with E-state index in [0.29, 0.717) is 18.9 Å². The second-order valence-electron chi connectivity index (χ2n) is 3.42. The van der Waals surface area contributed by atoms with Crippen LogP contribution in [0.2, 0.25) is 0 Å². The molecule has 0 radical (unpaired) electrons. The van der Waals surface area contributed by atoms with Crippen LogP contribution in [0.15, 0.2) is 27.6 Å². The van der Waals surface area contributed by atoms with E-state index in [-0.39, 0.29) is 4.90 Å². The van der Waals surface area contributed by atoms with Crippen LogP contribution in [0.4, 0.5) is 0 Å². The topological polar surface area (TPSA) is 55.4 Å². The van der Waals surface area contributed by atoms with E-state index >= 15 is 0 Å². The van der Waals surface area contributed by atoms with Gasteiger partial charge in [0.15, 0.2) is 0 Å². The molecule has 0 aliphatic rings. The molecule has 0 unspecified atom stereocenters. The van der Waals surface area contributed by atoms with E-state index in [1.54, 1.807) is 12.1 Å². The van der Waals surface area contributed by atoms with E-state index in [9.17, 15) is 8.42 Å². The molecule has 6 heteroatoms. The van der Waals surface area contributed by atoms with Crippen LogP contribution < -0.4 is 9.46 Å². The second kappa shape index (κ2) is 6.37. The van der Waals surface area contributed by atoms with Gasteiger partial charge in [-0.2, -0.15) is 0 Å². The average molecular weight is 322 g/mol. The fourth-order valence-electron chi connectivity index (χ4n) is 1.24. The number of rotatable bonds is 6. The highest BCUT2D eigenvalue weighted by atomic mass is 79.9. The summed E-state index contributed by atoms with van der Waals surface area (Å²) in [5, 5.41) is 0. The van der Waals surface area contributed by atoms with E-state index in [1.165, 1.54) is 6.07 Å². The van der Waals surface area contributed by atoms with Crippen molar-refractivity contribution >= 4 is 26.0 Å². The van der Waals surface area contributed by atoms with Crippen molar-refractivity contribution < 1.29 is 13.2 Å². The molecule has 0 aliphatic heterocycles. The van der Waals surface area contributed by atoms with Crippen LogP contribution in [0.5, 0.6) is 5.75 Å². The molecule has 0 atom stereocenters. The first-order valence-corrected chi connectivity index (χ1v) is 7.71. The molecule has 0 saturated carbocycles. The van der Waals surface area contributed by atoms with Crippen molar-refractivity contribution in [1.82, 2.24) is 4.72 Å². The Bertz CT molecular complexity index is 474. The van der Waals surface area contributed by atoms with Crippen LogP contribution in [0, 0.1) is 0 Å². The fraction of sp³-hybridized carbons (Fsp3) is 0.455. The summed E-state index contributed by atoms with van der Waals surface area (Å²) in [6, 6.07) is 4.74. The highest BCUT2D eigenvalue weighted by Gasteiger charge is 2.15. The maximum absolute atomic E-state index is 11.9. The minimum Gasteiger partial charge on any atom is -0.493 e. The molecular formula is C11H16BrNO3S. The Morgan fingerprint density at radius 2 is 2.06 bits per heavy atom. The number of halogens is 1. The van der Waals surface area contributed by atoms with Gasteiger partial charge in [-0.05, 0) is 41.4 Å². The van der Waals surface area contributed by atoms with Crippen molar-refractivity contribution in [2.45, 2.75) is 25.2 Å². The Kier molecular flexibility index (Phi) is 5.42. The summed E-state index contributed by atoms with van der Waals surface area (Å²) in [4.78, 5) is 0.220. The predicted molar refractivity (Wildman–Crippen MR) is 70.8 cm³/mol. The standard InChI is InChI=1S/C11H16BrNO3S/c1-3-7-13-17(14,15)9-5-6-10(12)11(8-9)16-4-2/h5-6,8,13H,3-4,7H2,1-2H3. The number of hydrogen-bond acceptors (Lipinski definition) is 3. The third kappa shape index (κ3) is 3.97. The zero-order valence-corrected chi connectivity index (χ0v) is 12.3. The quantitative estimate of drug-likeness (QED) is 0.876. The molecule has 0 heterocycles. The highest BCUT2D eigenvalue weighted by Crippen LogP contribution is 2.27. The van der Waals surface area contributed by atoms with Gasteiger partial charge < -0.3 is 4.74 Å². The van der Waals surface area contributed by atoms with Gasteiger partial charge in [-0.1, -0.05) is 6.92 Å². The smallest absolute Gasteiger partial charge is 0.240 e. The van der Waals surface area contributed by atoms with E-state index in [1.807, 2.05) is 13.8 Å². The molecule has 1 aromatic carbocycles. The van der Waals surface area contributed by atoms with Crippen molar-refractivity contribution in [2.75, 3.05) is 13.2 Å². The van der Waals surface area contributed by atoms with Crippen LogP contribution in [-0.4, -0.2) is 21.6 Å². The molecule has 0 amide bonds. The van der Waals surface area contributed by atoms with Gasteiger partial charge in [0.1, 0.15) is 5.75 Å². The van der Waals surface area contributed by atoms with Gasteiger partial charge in [-0.15, -0.1) is 0 Å². The van der Waals surface area contributed by atoms with Crippen LogP contribution in [0.1, 0.15) is 20.3 Å². The number of hydrogen-bond donors (Lipinski definition) is 1. The zero-order chi connectivity index (χ0) is 12.9. The molecule has 17 heavy (non-hydrogen) atoms. The number of nitrogens with one attached hydrogen (secondary N) is 1. The summed E-state index contributed by atoms with van der Waals surface area (Å²) in [6.45, 7) is 4.69. The lowest BCUT2D eigenvalue weighted by molar-refractivity contribution is 0.337. The van der Waals surface area contributed by atoms with Gasteiger partial charge in [0, 0.05) is 12.6 Å². The normalized spacial score (nSPS) is 11.5. The number of sulfonamides is 1. The first-order valence-electron chi connectivity index (χ1n) is 5.43. The fourth-order valence-corrected chi connectivity index (χ4v) is 2.75. The Morgan fingerprint density at radius 1 is 1.35 bits per heavy atom. The summed E-state index contributed by atoms with van der Waals surface area (Å²) in [6.07, 6.45) is 0.758. The lowest BCUT2D eigenvalue weighted by atomic mass is 10.3. The van der Waals surface area contributed by atoms with E-state index in [2.05, 4.69) is 20.7 Å². The van der Waals surface area contributed by atoms with Gasteiger partial charge >= 0.3 is 0 Å². The maximum atomic E-state index is 11.9. The SMILES string of the molecule is CCCNS(=O)(=O)c1ccc(Br)c(OCC)c1. The summed E-state index contributed by atoms with van der Waals surface area (Å²) >= 11 is 3.31. The molecule has 0 aromatic heterocycles. The molecule has 0 aliphatic carbocycles. The van der Waals surface area contributed by atoms with Crippen molar-refractivity contribution in [3.63, 3.8) is 0 Å². The Morgan fingerprint density at radius 3 is 2.65 bits per heavy atom. The number of benzene rings is 1. The molecule has 1 rings (SSSR count). The van der Waals surface area contributed by atoms with E-state index < -0.39 is 10.0 Å². The zero-order valence-electron chi connectivity index (χ0n) is 9.86. The maximum Gasteiger partial charge on any atom is 0.240 e. The summed E-state index contributed by atoms with van der Waals surface area (Å²) in [5.41, 5.74) is 0. The Labute approximate surface area is 111 Å². The average Bonchev–Trinajstić information content (AvgIpc) is 2.29. The van der Waals surface area contributed by atoms with Crippen molar-refractivity contribution in [3.8, 4) is 5.75 Å². The molecular weight excluding hydrogens is 306 g/mol. The molecule has 0 fully saturated rings. The van der Waals surface area contributed by atoms with Gasteiger partial charge in [0.25, 0.3) is 0 Å². The van der Waals surface area contributed by atoms with Crippen LogP contribution >= 0.6 is 15.9 Å². The van der Waals surface area contributed by atoms with E-state index in [0.717, 1.165) is 10.9 Å². The monoisotopic (exact) mass is 321 g/mol. The minimum absolute atomic E-state index is 0.220. The first kappa shape index (κ1) is 14.5. The summed E-state index contributed by atoms with van der Waals surface area (Å²) < 4.78 is 32.4. The van der Waals surface area contributed by atoms with Gasteiger partial charge in [0.2, 0.25) is 10.0 Å². The molecule has 0 bridgehead atoms. The van der Waals surface area contributed by atoms with Crippen LogP contribution in [0.3, 0.4) is 0 Å². The molecule has 0 spiro atoms. The largest absolute Gasteiger partial charge is 0.493 e. The van der Waals surface area contributed by atoms with Gasteiger partial charge in [-0.3, -0.25) is 0 Å². The van der Waals surface area contributed by atoms with Gasteiger partial charge in [-0.25, -0.2) is 13.1 Å². The third-order valence-electron chi connectivity index (χ3n) is 2.05. The van der Waals surface area contributed by atoms with Crippen LogP contribution in [0.25, 0.3) is 0 Å². The number of ether oxygens (including phenoxy) is 1. The first-order chi connectivity index (χ1) is 8.01. The van der Waals surface area contributed by atoms with Crippen LogP contribution in [-0.2, 0) is 10.0 Å². The molecule has 4 nitrogen and oxygen atoms in total.